The van der Waals surface area contributed by atoms with E-state index in [0.717, 1.165) is 6.26 Å². The van der Waals surface area contributed by atoms with Crippen LogP contribution in [0, 0.1) is 11.3 Å². The van der Waals surface area contributed by atoms with Crippen molar-refractivity contribution < 1.29 is 17.9 Å². The van der Waals surface area contributed by atoms with Gasteiger partial charge in [0.2, 0.25) is 5.91 Å². The Hall–Kier alpha value is -1.13. The van der Waals surface area contributed by atoms with Gasteiger partial charge in [0.05, 0.1) is 19.2 Å². The first-order valence-electron chi connectivity index (χ1n) is 4.39. The lowest BCUT2D eigenvalue weighted by atomic mass is 10.3. The SMILES string of the molecule is CS(=O)(=O)CC(=O)N1CCOC(C#N)C1. The number of amides is 1. The second-order valence-electron chi connectivity index (χ2n) is 3.40. The van der Waals surface area contributed by atoms with E-state index in [4.69, 9.17) is 10.00 Å². The molecule has 7 heteroatoms. The van der Waals surface area contributed by atoms with Crippen molar-refractivity contribution >= 4 is 15.7 Å². The molecule has 1 atom stereocenters. The molecule has 0 aromatic heterocycles. The van der Waals surface area contributed by atoms with E-state index >= 15 is 0 Å². The van der Waals surface area contributed by atoms with Gasteiger partial charge in [-0.3, -0.25) is 4.79 Å². The molecule has 1 unspecified atom stereocenters. The van der Waals surface area contributed by atoms with Crippen LogP contribution >= 0.6 is 0 Å². The summed E-state index contributed by atoms with van der Waals surface area (Å²) in [5, 5.41) is 8.59. The van der Waals surface area contributed by atoms with Crippen molar-refractivity contribution in [3.8, 4) is 6.07 Å². The van der Waals surface area contributed by atoms with Crippen LogP contribution in [0.5, 0.6) is 0 Å². The van der Waals surface area contributed by atoms with Gasteiger partial charge in [0.15, 0.2) is 15.9 Å². The van der Waals surface area contributed by atoms with Gasteiger partial charge in [0.25, 0.3) is 0 Å². The van der Waals surface area contributed by atoms with E-state index in [-0.39, 0.29) is 13.2 Å². The third kappa shape index (κ3) is 3.85. The lowest BCUT2D eigenvalue weighted by molar-refractivity contribution is -0.134. The summed E-state index contributed by atoms with van der Waals surface area (Å²) in [5.74, 6) is -0.980. The van der Waals surface area contributed by atoms with Crippen LogP contribution in [0.2, 0.25) is 0 Å². The number of carbonyl (C=O) groups is 1. The van der Waals surface area contributed by atoms with Gasteiger partial charge < -0.3 is 9.64 Å². The highest BCUT2D eigenvalue weighted by Gasteiger charge is 2.25. The molecule has 0 aliphatic carbocycles. The zero-order chi connectivity index (χ0) is 11.5. The first-order chi connectivity index (χ1) is 6.92. The number of sulfone groups is 1. The second-order valence-corrected chi connectivity index (χ2v) is 5.54. The Kier molecular flexibility index (Phi) is 3.66. The monoisotopic (exact) mass is 232 g/mol. The fraction of sp³-hybridized carbons (Fsp3) is 0.750. The van der Waals surface area contributed by atoms with Gasteiger partial charge in [-0.1, -0.05) is 0 Å². The molecule has 1 heterocycles. The number of hydrogen-bond donors (Lipinski definition) is 0. The van der Waals surface area contributed by atoms with Crippen LogP contribution in [0.4, 0.5) is 0 Å². The number of hydrogen-bond acceptors (Lipinski definition) is 5. The quantitative estimate of drug-likeness (QED) is 0.595. The number of carbonyl (C=O) groups excluding carboxylic acids is 1. The number of nitriles is 1. The van der Waals surface area contributed by atoms with Crippen molar-refractivity contribution in [1.82, 2.24) is 4.90 Å². The highest BCUT2D eigenvalue weighted by Crippen LogP contribution is 2.05. The number of morpholine rings is 1. The van der Waals surface area contributed by atoms with Gasteiger partial charge in [0, 0.05) is 12.8 Å². The van der Waals surface area contributed by atoms with Crippen molar-refractivity contribution in [2.24, 2.45) is 0 Å². The van der Waals surface area contributed by atoms with Crippen molar-refractivity contribution in [2.75, 3.05) is 31.7 Å². The van der Waals surface area contributed by atoms with Crippen molar-refractivity contribution in [3.63, 3.8) is 0 Å². The Morgan fingerprint density at radius 1 is 1.67 bits per heavy atom. The summed E-state index contributed by atoms with van der Waals surface area (Å²) >= 11 is 0. The average Bonchev–Trinajstić information content (AvgIpc) is 2.15. The number of ether oxygens (including phenoxy) is 1. The lowest BCUT2D eigenvalue weighted by Gasteiger charge is -2.29. The largest absolute Gasteiger partial charge is 0.360 e. The Balaban J connectivity index is 2.57. The zero-order valence-electron chi connectivity index (χ0n) is 8.34. The summed E-state index contributed by atoms with van der Waals surface area (Å²) in [7, 11) is -3.31. The smallest absolute Gasteiger partial charge is 0.237 e. The Bertz CT molecular complexity index is 384. The third-order valence-corrected chi connectivity index (χ3v) is 2.72. The topological polar surface area (TPSA) is 87.5 Å². The van der Waals surface area contributed by atoms with Crippen LogP contribution in [0.1, 0.15) is 0 Å². The fourth-order valence-electron chi connectivity index (χ4n) is 1.27. The second kappa shape index (κ2) is 4.59. The summed E-state index contributed by atoms with van der Waals surface area (Å²) in [5.41, 5.74) is 0. The normalized spacial score (nSPS) is 22.1. The number of rotatable bonds is 2. The maximum absolute atomic E-state index is 11.5. The molecule has 0 saturated carbocycles. The van der Waals surface area contributed by atoms with Gasteiger partial charge >= 0.3 is 0 Å². The molecule has 1 amide bonds. The van der Waals surface area contributed by atoms with Gasteiger partial charge in [-0.15, -0.1) is 0 Å². The predicted molar refractivity (Wildman–Crippen MR) is 51.6 cm³/mol. The van der Waals surface area contributed by atoms with E-state index < -0.39 is 27.6 Å². The number of nitrogens with zero attached hydrogens (tertiary/aromatic N) is 2. The molecular weight excluding hydrogens is 220 g/mol. The molecule has 1 rings (SSSR count). The summed E-state index contributed by atoms with van der Waals surface area (Å²) in [4.78, 5) is 12.8. The first kappa shape index (κ1) is 11.9. The van der Waals surface area contributed by atoms with E-state index in [0.29, 0.717) is 6.54 Å². The summed E-state index contributed by atoms with van der Waals surface area (Å²) in [6.07, 6.45) is 0.356. The molecule has 0 aromatic carbocycles. The summed E-state index contributed by atoms with van der Waals surface area (Å²) < 4.78 is 26.8. The highest BCUT2D eigenvalue weighted by atomic mass is 32.2. The molecule has 0 spiro atoms. The van der Waals surface area contributed by atoms with Crippen LogP contribution < -0.4 is 0 Å². The van der Waals surface area contributed by atoms with Crippen LogP contribution in [0.25, 0.3) is 0 Å². The molecule has 1 aliphatic heterocycles. The van der Waals surface area contributed by atoms with Crippen molar-refractivity contribution in [2.45, 2.75) is 6.10 Å². The molecule has 1 aliphatic rings. The molecule has 0 radical (unpaired) electrons. The lowest BCUT2D eigenvalue weighted by Crippen LogP contribution is -2.47. The van der Waals surface area contributed by atoms with E-state index in [1.807, 2.05) is 6.07 Å². The van der Waals surface area contributed by atoms with Crippen LogP contribution in [-0.4, -0.2) is 57.0 Å². The van der Waals surface area contributed by atoms with Crippen molar-refractivity contribution in [3.05, 3.63) is 0 Å². The third-order valence-electron chi connectivity index (χ3n) is 1.95. The molecular formula is C8H12N2O4S. The summed E-state index contributed by atoms with van der Waals surface area (Å²) in [6.45, 7) is 0.755. The van der Waals surface area contributed by atoms with Gasteiger partial charge in [-0.25, -0.2) is 8.42 Å². The van der Waals surface area contributed by atoms with Crippen LogP contribution in [-0.2, 0) is 19.4 Å². The van der Waals surface area contributed by atoms with Gasteiger partial charge in [-0.05, 0) is 0 Å². The molecule has 0 aromatic rings. The highest BCUT2D eigenvalue weighted by molar-refractivity contribution is 7.91. The minimum Gasteiger partial charge on any atom is -0.360 e. The Morgan fingerprint density at radius 2 is 2.33 bits per heavy atom. The maximum atomic E-state index is 11.5. The molecule has 1 fully saturated rings. The van der Waals surface area contributed by atoms with E-state index in [1.54, 1.807) is 0 Å². The molecule has 1 saturated heterocycles. The average molecular weight is 232 g/mol. The predicted octanol–water partition coefficient (Wildman–Crippen LogP) is -1.22. The Morgan fingerprint density at radius 3 is 2.87 bits per heavy atom. The van der Waals surface area contributed by atoms with Gasteiger partial charge in [-0.2, -0.15) is 5.26 Å². The minimum atomic E-state index is -3.31. The van der Waals surface area contributed by atoms with E-state index in [1.165, 1.54) is 4.90 Å². The maximum Gasteiger partial charge on any atom is 0.237 e. The van der Waals surface area contributed by atoms with Crippen LogP contribution in [0.3, 0.4) is 0 Å². The molecule has 84 valence electrons. The van der Waals surface area contributed by atoms with Gasteiger partial charge in [0.1, 0.15) is 5.75 Å². The molecule has 15 heavy (non-hydrogen) atoms. The molecule has 0 N–H and O–H groups in total. The summed E-state index contributed by atoms with van der Waals surface area (Å²) in [6, 6.07) is 1.89. The van der Waals surface area contributed by atoms with E-state index in [9.17, 15) is 13.2 Å². The van der Waals surface area contributed by atoms with Crippen LogP contribution in [0.15, 0.2) is 0 Å². The zero-order valence-corrected chi connectivity index (χ0v) is 9.16. The fourth-order valence-corrected chi connectivity index (χ4v) is 1.90. The van der Waals surface area contributed by atoms with Crippen molar-refractivity contribution in [1.29, 1.82) is 5.26 Å². The standard InChI is InChI=1S/C8H12N2O4S/c1-15(12,13)6-8(11)10-2-3-14-7(4-9)5-10/h7H,2-3,5-6H2,1H3. The Labute approximate surface area is 88.3 Å². The van der Waals surface area contributed by atoms with E-state index in [2.05, 4.69) is 0 Å². The first-order valence-corrected chi connectivity index (χ1v) is 6.45. The molecule has 0 bridgehead atoms. The minimum absolute atomic E-state index is 0.144. The molecule has 6 nitrogen and oxygen atoms in total.